The molecule has 0 saturated carbocycles. The van der Waals surface area contributed by atoms with Crippen molar-refractivity contribution in [3.8, 4) is 5.75 Å². The summed E-state index contributed by atoms with van der Waals surface area (Å²) in [6.45, 7) is 8.15. The van der Waals surface area contributed by atoms with Crippen molar-refractivity contribution in [2.24, 2.45) is 0 Å². The van der Waals surface area contributed by atoms with E-state index in [0.29, 0.717) is 28.6 Å². The minimum atomic E-state index is -0.639. The van der Waals surface area contributed by atoms with Gasteiger partial charge in [0.25, 0.3) is 0 Å². The molecule has 1 aliphatic rings. The van der Waals surface area contributed by atoms with Crippen LogP contribution in [0.3, 0.4) is 0 Å². The van der Waals surface area contributed by atoms with Crippen molar-refractivity contribution in [3.63, 3.8) is 0 Å². The van der Waals surface area contributed by atoms with Gasteiger partial charge < -0.3 is 14.8 Å². The van der Waals surface area contributed by atoms with Gasteiger partial charge in [0.05, 0.1) is 28.9 Å². The first-order valence-electron chi connectivity index (χ1n) is 10.3. The molecule has 1 atom stereocenters. The summed E-state index contributed by atoms with van der Waals surface area (Å²) in [4.78, 5) is 27.5. The Hall–Kier alpha value is -2.99. The Bertz CT molecular complexity index is 1020. The number of amides is 2. The molecule has 0 bridgehead atoms. The molecule has 31 heavy (non-hydrogen) atoms. The number of rotatable bonds is 7. The number of para-hydroxylation sites is 1. The van der Waals surface area contributed by atoms with E-state index in [4.69, 9.17) is 21.1 Å². The molecule has 2 aromatic rings. The largest absolute Gasteiger partial charge is 0.486 e. The Morgan fingerprint density at radius 2 is 1.90 bits per heavy atom. The summed E-state index contributed by atoms with van der Waals surface area (Å²) in [5.41, 5.74) is 3.75. The van der Waals surface area contributed by atoms with Gasteiger partial charge >= 0.3 is 12.0 Å². The Labute approximate surface area is 187 Å². The predicted octanol–water partition coefficient (Wildman–Crippen LogP) is 4.94. The lowest BCUT2D eigenvalue weighted by Crippen LogP contribution is -2.49. The molecule has 0 aliphatic carbocycles. The lowest BCUT2D eigenvalue weighted by Gasteiger charge is -2.36. The normalized spacial score (nSPS) is 16.2. The fourth-order valence-corrected chi connectivity index (χ4v) is 3.92. The SMILES string of the molecule is CCOC(=O)C1=C(COc2ccccc2Cl)N(CC)C(=O)N[C@H]1c1ccc(C)cc1C. The fraction of sp³-hybridized carbons (Fsp3) is 0.333. The summed E-state index contributed by atoms with van der Waals surface area (Å²) < 4.78 is 11.3. The lowest BCUT2D eigenvalue weighted by molar-refractivity contribution is -0.139. The van der Waals surface area contributed by atoms with Gasteiger partial charge in [-0.2, -0.15) is 0 Å². The summed E-state index contributed by atoms with van der Waals surface area (Å²) in [6.07, 6.45) is 0. The van der Waals surface area contributed by atoms with Crippen LogP contribution in [-0.4, -0.2) is 36.7 Å². The molecule has 7 heteroatoms. The van der Waals surface area contributed by atoms with Gasteiger partial charge in [0.1, 0.15) is 12.4 Å². The zero-order chi connectivity index (χ0) is 22.5. The van der Waals surface area contributed by atoms with E-state index in [2.05, 4.69) is 5.32 Å². The van der Waals surface area contributed by atoms with E-state index >= 15 is 0 Å². The molecule has 1 N–H and O–H groups in total. The van der Waals surface area contributed by atoms with Gasteiger partial charge in [0.15, 0.2) is 0 Å². The third-order valence-corrected chi connectivity index (χ3v) is 5.50. The first-order chi connectivity index (χ1) is 14.9. The average Bonchev–Trinajstić information content (AvgIpc) is 2.73. The first-order valence-corrected chi connectivity index (χ1v) is 10.7. The number of ether oxygens (including phenoxy) is 2. The van der Waals surface area contributed by atoms with Crippen LogP contribution in [0, 0.1) is 13.8 Å². The highest BCUT2D eigenvalue weighted by Gasteiger charge is 2.38. The van der Waals surface area contributed by atoms with Crippen molar-refractivity contribution in [1.82, 2.24) is 10.2 Å². The number of carbonyl (C=O) groups is 2. The molecule has 1 heterocycles. The molecule has 0 aromatic heterocycles. The zero-order valence-corrected chi connectivity index (χ0v) is 19.0. The molecule has 2 aromatic carbocycles. The minimum absolute atomic E-state index is 0.000546. The van der Waals surface area contributed by atoms with Gasteiger partial charge in [-0.1, -0.05) is 47.5 Å². The fourth-order valence-electron chi connectivity index (χ4n) is 3.73. The Balaban J connectivity index is 2.11. The second-order valence-corrected chi connectivity index (χ2v) is 7.69. The van der Waals surface area contributed by atoms with E-state index in [1.165, 1.54) is 4.90 Å². The number of carbonyl (C=O) groups excluding carboxylic acids is 2. The molecular weight excluding hydrogens is 416 g/mol. The molecule has 0 fully saturated rings. The third kappa shape index (κ3) is 4.85. The number of likely N-dealkylation sites (N-methyl/N-ethyl adjacent to an activating group) is 1. The second kappa shape index (κ2) is 9.88. The van der Waals surface area contributed by atoms with Crippen molar-refractivity contribution in [2.75, 3.05) is 19.8 Å². The number of nitrogens with zero attached hydrogens (tertiary/aromatic N) is 1. The molecule has 2 amide bonds. The van der Waals surface area contributed by atoms with Crippen LogP contribution in [0.15, 0.2) is 53.7 Å². The van der Waals surface area contributed by atoms with Crippen molar-refractivity contribution < 1.29 is 19.1 Å². The Kier molecular flexibility index (Phi) is 7.23. The standard InChI is InChI=1S/C24H27ClN2O4/c1-5-27-19(14-31-20-10-8-7-9-18(20)25)21(23(28)30-6-2)22(26-24(27)29)17-12-11-15(3)13-16(17)4/h7-13,22H,5-6,14H2,1-4H3,(H,26,29)/t22-/m0/s1. The molecule has 0 radical (unpaired) electrons. The summed E-state index contributed by atoms with van der Waals surface area (Å²) in [7, 11) is 0. The number of urea groups is 1. The van der Waals surface area contributed by atoms with E-state index < -0.39 is 12.0 Å². The van der Waals surface area contributed by atoms with Gasteiger partial charge in [0.2, 0.25) is 0 Å². The van der Waals surface area contributed by atoms with E-state index in [0.717, 1.165) is 16.7 Å². The summed E-state index contributed by atoms with van der Waals surface area (Å²) in [5, 5.41) is 3.42. The van der Waals surface area contributed by atoms with E-state index in [-0.39, 0.29) is 19.2 Å². The van der Waals surface area contributed by atoms with E-state index in [1.807, 2.05) is 45.0 Å². The Morgan fingerprint density at radius 3 is 2.55 bits per heavy atom. The second-order valence-electron chi connectivity index (χ2n) is 7.29. The summed E-state index contributed by atoms with van der Waals surface area (Å²) >= 11 is 6.22. The van der Waals surface area contributed by atoms with Crippen LogP contribution in [0.5, 0.6) is 5.75 Å². The first kappa shape index (κ1) is 22.7. The number of aryl methyl sites for hydroxylation is 2. The van der Waals surface area contributed by atoms with Gasteiger partial charge in [-0.25, -0.2) is 9.59 Å². The van der Waals surface area contributed by atoms with Crippen LogP contribution in [0.1, 0.15) is 36.6 Å². The maximum atomic E-state index is 13.1. The van der Waals surface area contributed by atoms with Gasteiger partial charge in [0, 0.05) is 6.54 Å². The Morgan fingerprint density at radius 1 is 1.16 bits per heavy atom. The highest BCUT2D eigenvalue weighted by molar-refractivity contribution is 6.32. The van der Waals surface area contributed by atoms with Crippen LogP contribution in [0.25, 0.3) is 0 Å². The van der Waals surface area contributed by atoms with Gasteiger partial charge in [-0.3, -0.25) is 4.90 Å². The van der Waals surface area contributed by atoms with Gasteiger partial charge in [-0.15, -0.1) is 0 Å². The number of halogens is 1. The van der Waals surface area contributed by atoms with Crippen molar-refractivity contribution in [3.05, 3.63) is 75.4 Å². The van der Waals surface area contributed by atoms with Crippen LogP contribution in [-0.2, 0) is 9.53 Å². The third-order valence-electron chi connectivity index (χ3n) is 5.19. The molecule has 1 aliphatic heterocycles. The van der Waals surface area contributed by atoms with Gasteiger partial charge in [-0.05, 0) is 51.0 Å². The van der Waals surface area contributed by atoms with Crippen molar-refractivity contribution in [1.29, 1.82) is 0 Å². The van der Waals surface area contributed by atoms with E-state index in [1.54, 1.807) is 25.1 Å². The monoisotopic (exact) mass is 442 g/mol. The summed E-state index contributed by atoms with van der Waals surface area (Å²) in [6, 6.07) is 12.1. The van der Waals surface area contributed by atoms with Crippen molar-refractivity contribution in [2.45, 2.75) is 33.7 Å². The number of hydrogen-bond acceptors (Lipinski definition) is 4. The quantitative estimate of drug-likeness (QED) is 0.617. The molecule has 0 spiro atoms. The minimum Gasteiger partial charge on any atom is -0.486 e. The highest BCUT2D eigenvalue weighted by atomic mass is 35.5. The molecule has 0 unspecified atom stereocenters. The van der Waals surface area contributed by atoms with Crippen LogP contribution in [0.2, 0.25) is 5.02 Å². The molecule has 3 rings (SSSR count). The topological polar surface area (TPSA) is 67.9 Å². The number of esters is 1. The summed E-state index contributed by atoms with van der Waals surface area (Å²) in [5.74, 6) is -0.00587. The number of hydrogen-bond donors (Lipinski definition) is 1. The molecular formula is C24H27ClN2O4. The smallest absolute Gasteiger partial charge is 0.338 e. The van der Waals surface area contributed by atoms with Crippen LogP contribution in [0.4, 0.5) is 4.79 Å². The molecule has 164 valence electrons. The van der Waals surface area contributed by atoms with E-state index in [9.17, 15) is 9.59 Å². The zero-order valence-electron chi connectivity index (χ0n) is 18.2. The van der Waals surface area contributed by atoms with Crippen molar-refractivity contribution >= 4 is 23.6 Å². The maximum Gasteiger partial charge on any atom is 0.338 e. The van der Waals surface area contributed by atoms with Crippen LogP contribution < -0.4 is 10.1 Å². The molecule has 6 nitrogen and oxygen atoms in total. The number of benzene rings is 2. The molecule has 0 saturated heterocycles. The number of nitrogens with one attached hydrogen (secondary N) is 1. The highest BCUT2D eigenvalue weighted by Crippen LogP contribution is 2.34. The maximum absolute atomic E-state index is 13.1. The average molecular weight is 443 g/mol. The predicted molar refractivity (Wildman–Crippen MR) is 120 cm³/mol. The lowest BCUT2D eigenvalue weighted by atomic mass is 9.91. The van der Waals surface area contributed by atoms with Crippen LogP contribution >= 0.6 is 11.6 Å².